The summed E-state index contributed by atoms with van der Waals surface area (Å²) in [6, 6.07) is 11.5. The van der Waals surface area contributed by atoms with Crippen molar-refractivity contribution in [1.82, 2.24) is 20.2 Å². The van der Waals surface area contributed by atoms with Crippen LogP contribution in [0.5, 0.6) is 0 Å². The van der Waals surface area contributed by atoms with E-state index in [-0.39, 0.29) is 11.8 Å². The van der Waals surface area contributed by atoms with Crippen LogP contribution in [0.1, 0.15) is 31.4 Å². The van der Waals surface area contributed by atoms with Gasteiger partial charge >= 0.3 is 0 Å². The van der Waals surface area contributed by atoms with Gasteiger partial charge in [-0.1, -0.05) is 0 Å². The minimum absolute atomic E-state index is 0.0986. The van der Waals surface area contributed by atoms with Crippen LogP contribution in [0.3, 0.4) is 0 Å². The van der Waals surface area contributed by atoms with Gasteiger partial charge in [0.05, 0.1) is 13.1 Å². The lowest BCUT2D eigenvalue weighted by atomic mass is 9.89. The summed E-state index contributed by atoms with van der Waals surface area (Å²) < 4.78 is 0. The minimum Gasteiger partial charge on any atom is -0.386 e. The number of carbonyl (C=O) groups is 1. The Morgan fingerprint density at radius 2 is 1.88 bits per heavy atom. The fraction of sp³-hybridized carbons (Fsp3) is 0.417. The van der Waals surface area contributed by atoms with Crippen molar-refractivity contribution in [3.63, 3.8) is 0 Å². The summed E-state index contributed by atoms with van der Waals surface area (Å²) in [5.74, 6) is 2.81. The highest BCUT2D eigenvalue weighted by Crippen LogP contribution is 2.45. The van der Waals surface area contributed by atoms with Crippen LogP contribution in [-0.2, 0) is 4.79 Å². The second-order valence-electron chi connectivity index (χ2n) is 9.58. The van der Waals surface area contributed by atoms with Crippen LogP contribution in [0.4, 0.5) is 23.1 Å². The molecule has 1 saturated heterocycles. The van der Waals surface area contributed by atoms with E-state index in [1.807, 2.05) is 43.3 Å². The molecular formula is C24H27N7O2S. The van der Waals surface area contributed by atoms with Crippen molar-refractivity contribution >= 4 is 40.8 Å². The first-order valence-electron chi connectivity index (χ1n) is 11.7. The molecular weight excluding hydrogens is 450 g/mol. The summed E-state index contributed by atoms with van der Waals surface area (Å²) in [6.07, 6.45) is 4.18. The fourth-order valence-electron chi connectivity index (χ4n) is 4.25. The maximum Gasteiger partial charge on any atom is 0.227 e. The Kier molecular flexibility index (Phi) is 5.22. The van der Waals surface area contributed by atoms with Crippen LogP contribution >= 0.6 is 11.8 Å². The Balaban J connectivity index is 1.20. The van der Waals surface area contributed by atoms with Gasteiger partial charge in [0.1, 0.15) is 17.2 Å². The molecule has 0 spiro atoms. The molecule has 1 aliphatic heterocycles. The summed E-state index contributed by atoms with van der Waals surface area (Å²) in [4.78, 5) is 24.5. The third-order valence-electron chi connectivity index (χ3n) is 6.52. The van der Waals surface area contributed by atoms with Gasteiger partial charge in [0.15, 0.2) is 11.0 Å². The van der Waals surface area contributed by atoms with E-state index in [9.17, 15) is 9.90 Å². The Morgan fingerprint density at radius 1 is 1.12 bits per heavy atom. The average molecular weight is 478 g/mol. The number of anilines is 4. The van der Waals surface area contributed by atoms with Crippen LogP contribution in [-0.4, -0.2) is 49.9 Å². The van der Waals surface area contributed by atoms with Gasteiger partial charge in [-0.3, -0.25) is 9.89 Å². The lowest BCUT2D eigenvalue weighted by molar-refractivity contribution is -0.117. The molecule has 2 saturated carbocycles. The number of rotatable bonds is 8. The smallest absolute Gasteiger partial charge is 0.227 e. The van der Waals surface area contributed by atoms with Crippen molar-refractivity contribution in [2.75, 3.05) is 28.6 Å². The topological polar surface area (TPSA) is 119 Å². The normalized spacial score (nSPS) is 18.9. The van der Waals surface area contributed by atoms with Gasteiger partial charge in [0.2, 0.25) is 5.91 Å². The van der Waals surface area contributed by atoms with E-state index in [1.165, 1.54) is 11.8 Å². The number of hydrogen-bond donors (Lipinski definition) is 4. The van der Waals surface area contributed by atoms with E-state index < -0.39 is 5.60 Å². The number of benzene rings is 1. The molecule has 176 valence electrons. The maximum absolute atomic E-state index is 12.0. The SMILES string of the molecule is Cc1cc(Nc2cc(N3CC(O)(C4CC4)C3)nc(Sc3ccc(NC(=O)C4CC4)cc3)n2)n[nH]1. The largest absolute Gasteiger partial charge is 0.386 e. The molecule has 1 aromatic carbocycles. The summed E-state index contributed by atoms with van der Waals surface area (Å²) >= 11 is 1.46. The molecule has 0 bridgehead atoms. The third-order valence-corrected chi connectivity index (χ3v) is 7.40. The zero-order valence-corrected chi connectivity index (χ0v) is 19.7. The zero-order valence-electron chi connectivity index (χ0n) is 18.9. The molecule has 34 heavy (non-hydrogen) atoms. The molecule has 3 heterocycles. The Morgan fingerprint density at radius 3 is 2.53 bits per heavy atom. The Hall–Kier alpha value is -3.11. The number of β-amino-alcohol motifs (C(OH)–C–C–N with tert-alkyl or cyclic N) is 1. The number of aromatic amines is 1. The first kappa shape index (κ1) is 21.4. The van der Waals surface area contributed by atoms with Gasteiger partial charge in [0.25, 0.3) is 0 Å². The molecule has 4 N–H and O–H groups in total. The monoisotopic (exact) mass is 477 g/mol. The zero-order chi connectivity index (χ0) is 23.3. The average Bonchev–Trinajstić information content (AvgIpc) is 3.71. The van der Waals surface area contributed by atoms with Gasteiger partial charge in [-0.2, -0.15) is 5.10 Å². The molecule has 0 atom stereocenters. The van der Waals surface area contributed by atoms with Gasteiger partial charge in [0, 0.05) is 34.3 Å². The summed E-state index contributed by atoms with van der Waals surface area (Å²) in [5, 5.41) is 24.8. The number of H-pyrrole nitrogens is 1. The van der Waals surface area contributed by atoms with Gasteiger partial charge in [-0.05, 0) is 74.6 Å². The molecule has 3 fully saturated rings. The standard InChI is InChI=1S/C24H27N7O2S/c1-14-10-20(30-29-14)26-19-11-21(31-12-24(33,13-31)16-4-5-16)28-23(27-19)34-18-8-6-17(7-9-18)25-22(32)15-2-3-15/h6-11,15-16,33H,2-5,12-13H2,1H3,(H,25,32)(H2,26,27,28,29,30). The number of amides is 1. The Labute approximate surface area is 201 Å². The van der Waals surface area contributed by atoms with E-state index in [0.717, 1.165) is 47.8 Å². The summed E-state index contributed by atoms with van der Waals surface area (Å²) in [6.45, 7) is 3.13. The number of aromatic nitrogens is 4. The van der Waals surface area contributed by atoms with Crippen LogP contribution in [0.2, 0.25) is 0 Å². The Bertz CT molecular complexity index is 1210. The fourth-order valence-corrected chi connectivity index (χ4v) is 5.02. The molecule has 6 rings (SSSR count). The van der Waals surface area contributed by atoms with E-state index in [0.29, 0.717) is 35.8 Å². The number of carbonyl (C=O) groups excluding carboxylic acids is 1. The first-order valence-corrected chi connectivity index (χ1v) is 12.5. The van der Waals surface area contributed by atoms with Gasteiger partial charge < -0.3 is 20.6 Å². The van der Waals surface area contributed by atoms with E-state index in [4.69, 9.17) is 4.98 Å². The number of aryl methyl sites for hydroxylation is 1. The molecule has 0 unspecified atom stereocenters. The summed E-state index contributed by atoms with van der Waals surface area (Å²) in [5.41, 5.74) is 1.16. The predicted molar refractivity (Wildman–Crippen MR) is 130 cm³/mol. The molecule has 9 nitrogen and oxygen atoms in total. The van der Waals surface area contributed by atoms with Crippen molar-refractivity contribution in [3.8, 4) is 0 Å². The lowest BCUT2D eigenvalue weighted by Crippen LogP contribution is -2.63. The van der Waals surface area contributed by atoms with Crippen molar-refractivity contribution in [2.24, 2.45) is 11.8 Å². The third kappa shape index (κ3) is 4.60. The van der Waals surface area contributed by atoms with Crippen LogP contribution in [0.25, 0.3) is 0 Å². The first-order chi connectivity index (χ1) is 16.4. The molecule has 0 radical (unpaired) electrons. The highest BCUT2D eigenvalue weighted by molar-refractivity contribution is 7.99. The van der Waals surface area contributed by atoms with Crippen molar-refractivity contribution in [2.45, 2.75) is 48.3 Å². The number of hydrogen-bond acceptors (Lipinski definition) is 8. The molecule has 3 aromatic rings. The van der Waals surface area contributed by atoms with Crippen molar-refractivity contribution < 1.29 is 9.90 Å². The van der Waals surface area contributed by atoms with E-state index >= 15 is 0 Å². The minimum atomic E-state index is -0.591. The van der Waals surface area contributed by atoms with Gasteiger partial charge in [-0.15, -0.1) is 0 Å². The molecule has 10 heteroatoms. The second kappa shape index (κ2) is 8.28. The molecule has 2 aromatic heterocycles. The van der Waals surface area contributed by atoms with Crippen molar-refractivity contribution in [3.05, 3.63) is 42.1 Å². The highest BCUT2D eigenvalue weighted by atomic mass is 32.2. The molecule has 1 amide bonds. The van der Waals surface area contributed by atoms with E-state index in [1.54, 1.807) is 0 Å². The molecule has 2 aliphatic carbocycles. The van der Waals surface area contributed by atoms with Gasteiger partial charge in [-0.25, -0.2) is 9.97 Å². The predicted octanol–water partition coefficient (Wildman–Crippen LogP) is 3.71. The quantitative estimate of drug-likeness (QED) is 0.363. The molecule has 3 aliphatic rings. The summed E-state index contributed by atoms with van der Waals surface area (Å²) in [7, 11) is 0. The lowest BCUT2D eigenvalue weighted by Gasteiger charge is -2.47. The number of nitrogens with zero attached hydrogens (tertiary/aromatic N) is 4. The van der Waals surface area contributed by atoms with Crippen LogP contribution in [0.15, 0.2) is 46.5 Å². The number of nitrogens with one attached hydrogen (secondary N) is 3. The van der Waals surface area contributed by atoms with Crippen LogP contribution < -0.4 is 15.5 Å². The van der Waals surface area contributed by atoms with Crippen LogP contribution in [0, 0.1) is 18.8 Å². The number of aliphatic hydroxyl groups is 1. The van der Waals surface area contributed by atoms with Crippen molar-refractivity contribution in [1.29, 1.82) is 0 Å². The van der Waals surface area contributed by atoms with E-state index in [2.05, 4.69) is 30.7 Å². The maximum atomic E-state index is 12.0. The second-order valence-corrected chi connectivity index (χ2v) is 10.6. The highest BCUT2D eigenvalue weighted by Gasteiger charge is 2.52.